The zero-order valence-corrected chi connectivity index (χ0v) is 48.8. The molecular formula is C70H70F2N8O4. The summed E-state index contributed by atoms with van der Waals surface area (Å²) in [6, 6.07) is 33.8. The van der Waals surface area contributed by atoms with Crippen molar-refractivity contribution in [2.75, 3.05) is 21.3 Å². The van der Waals surface area contributed by atoms with E-state index < -0.39 is 13.3 Å². The minimum atomic E-state index is -0.643. The van der Waals surface area contributed by atoms with E-state index in [-0.39, 0.29) is 69.0 Å². The van der Waals surface area contributed by atoms with E-state index in [2.05, 4.69) is 86.6 Å². The van der Waals surface area contributed by atoms with Gasteiger partial charge in [0, 0.05) is 79.1 Å². The predicted octanol–water partition coefficient (Wildman–Crippen LogP) is 15.8. The minimum Gasteiger partial charge on any atom is -0.354 e. The first-order valence-electron chi connectivity index (χ1n) is 29.4. The topological polar surface area (TPSA) is 174 Å². The van der Waals surface area contributed by atoms with E-state index in [9.17, 15) is 28.0 Å². The van der Waals surface area contributed by atoms with Gasteiger partial charge in [-0.25, -0.2) is 13.8 Å². The van der Waals surface area contributed by atoms with Gasteiger partial charge in [-0.05, 0) is 143 Å². The Bertz CT molecular complexity index is 4020. The first-order valence-corrected chi connectivity index (χ1v) is 29.4. The van der Waals surface area contributed by atoms with Crippen molar-refractivity contribution in [1.82, 2.24) is 19.9 Å². The number of hydrogen-bond acceptors (Lipinski definition) is 6. The number of aromatic nitrogens is 4. The number of halogens is 2. The van der Waals surface area contributed by atoms with Crippen LogP contribution < -0.4 is 21.3 Å². The molecular weight excluding hydrogens is 1050 g/mol. The van der Waals surface area contributed by atoms with Crippen LogP contribution in [0.5, 0.6) is 0 Å². The number of amides is 4. The van der Waals surface area contributed by atoms with Gasteiger partial charge in [-0.2, -0.15) is 0 Å². The summed E-state index contributed by atoms with van der Waals surface area (Å²) in [6.07, 6.45) is 7.79. The molecule has 2 aliphatic heterocycles. The number of carbonyl (C=O) groups excluding carboxylic acids is 4. The number of benzene rings is 4. The molecule has 428 valence electrons. The van der Waals surface area contributed by atoms with Gasteiger partial charge in [0.25, 0.3) is 0 Å². The maximum atomic E-state index is 14.3. The summed E-state index contributed by atoms with van der Waals surface area (Å²) in [5.74, 6) is -1.26. The van der Waals surface area contributed by atoms with Crippen LogP contribution in [0.2, 0.25) is 0 Å². The van der Waals surface area contributed by atoms with Gasteiger partial charge in [-0.1, -0.05) is 116 Å². The van der Waals surface area contributed by atoms with E-state index >= 15 is 0 Å². The van der Waals surface area contributed by atoms with Gasteiger partial charge in [0.05, 0.1) is 45.5 Å². The number of nitrogens with one attached hydrogen (secondary N) is 6. The van der Waals surface area contributed by atoms with Crippen LogP contribution in [0.1, 0.15) is 115 Å². The maximum absolute atomic E-state index is 14.3. The van der Waals surface area contributed by atoms with Gasteiger partial charge in [0.2, 0.25) is 23.6 Å². The van der Waals surface area contributed by atoms with Gasteiger partial charge < -0.3 is 31.2 Å². The van der Waals surface area contributed by atoms with Crippen LogP contribution in [0.25, 0.3) is 78.7 Å². The van der Waals surface area contributed by atoms with Crippen LogP contribution in [0, 0.1) is 45.3 Å². The Hall–Kier alpha value is -8.52. The molecule has 14 heteroatoms. The fourth-order valence-corrected chi connectivity index (χ4v) is 12.8. The van der Waals surface area contributed by atoms with E-state index in [0.29, 0.717) is 114 Å². The largest absolute Gasteiger partial charge is 0.354 e. The molecule has 6 aliphatic rings. The predicted molar refractivity (Wildman–Crippen MR) is 331 cm³/mol. The molecule has 0 unspecified atom stereocenters. The van der Waals surface area contributed by atoms with Gasteiger partial charge >= 0.3 is 0 Å². The average Bonchev–Trinajstić information content (AvgIpc) is 2.47. The van der Waals surface area contributed by atoms with Crippen molar-refractivity contribution < 1.29 is 28.0 Å². The van der Waals surface area contributed by atoms with Gasteiger partial charge in [-0.15, -0.1) is 0 Å². The molecule has 4 saturated carbocycles. The molecule has 8 bridgehead atoms. The molecule has 6 N–H and O–H groups in total. The first-order chi connectivity index (χ1) is 40.1. The fourth-order valence-electron chi connectivity index (χ4n) is 12.8. The molecule has 4 amide bonds. The number of aromatic amines is 2. The molecule has 13 rings (SSSR count). The highest BCUT2D eigenvalue weighted by atomic mass is 19.1. The van der Waals surface area contributed by atoms with Crippen molar-refractivity contribution in [3.63, 3.8) is 0 Å². The van der Waals surface area contributed by atoms with E-state index in [1.165, 1.54) is 0 Å². The average molecular weight is 1130 g/mol. The molecule has 0 radical (unpaired) electrons. The minimum absolute atomic E-state index is 0.107. The van der Waals surface area contributed by atoms with Gasteiger partial charge in [-0.3, -0.25) is 24.2 Å². The molecule has 4 aliphatic carbocycles. The lowest BCUT2D eigenvalue weighted by Gasteiger charge is -2.19. The summed E-state index contributed by atoms with van der Waals surface area (Å²) in [7, 11) is 0. The summed E-state index contributed by atoms with van der Waals surface area (Å²) < 4.78 is 28.6. The smallest absolute Gasteiger partial charge is 0.228 e. The van der Waals surface area contributed by atoms with Crippen LogP contribution in [-0.2, 0) is 45.4 Å². The third-order valence-electron chi connectivity index (χ3n) is 18.8. The van der Waals surface area contributed by atoms with Crippen LogP contribution in [0.4, 0.5) is 31.5 Å². The molecule has 12 nitrogen and oxygen atoms in total. The molecule has 84 heavy (non-hydrogen) atoms. The Labute approximate surface area is 487 Å². The lowest BCUT2D eigenvalue weighted by Crippen LogP contribution is -2.19. The van der Waals surface area contributed by atoms with E-state index in [4.69, 9.17) is 9.97 Å². The fraction of sp³-hybridized carbons (Fsp3) is 0.343. The highest BCUT2D eigenvalue weighted by Crippen LogP contribution is 2.56. The number of H-pyrrole nitrogens is 2. The number of hydrogen-bond donors (Lipinski definition) is 6. The van der Waals surface area contributed by atoms with Crippen molar-refractivity contribution >= 4 is 80.6 Å². The summed E-state index contributed by atoms with van der Waals surface area (Å²) in [5.41, 5.74) is 13.1. The van der Waals surface area contributed by atoms with Crippen LogP contribution in [-0.4, -0.2) is 43.6 Å². The van der Waals surface area contributed by atoms with E-state index in [0.717, 1.165) is 48.1 Å². The van der Waals surface area contributed by atoms with E-state index in [1.54, 1.807) is 24.3 Å². The first kappa shape index (κ1) is 54.7. The number of nitrogens with zero attached hydrogens (tertiary/aromatic N) is 2. The zero-order valence-electron chi connectivity index (χ0n) is 48.8. The second-order valence-electron chi connectivity index (χ2n) is 26.8. The second kappa shape index (κ2) is 20.1. The normalized spacial score (nSPS) is 20.6. The standard InChI is InChI=1S/C70H70F2N8O4/c1-67(2)31-41(67)63(81)77-45-11-9-12-46(78-64(82)42-32-68(42,3)4)59(45)61-53-27-23-49(73-53)57(39-19-15-37(35-71)16-20-39)51-25-29-55(75-51)62(56-30-26-52(76-56)58(50-24-28-54(61)74-50)40-21-17-38(36-72)18-22-40)60-47(79-65(83)43-33-69(43,5)6)13-10-14-48(60)80-66(84)44-34-70(44,7)8/h9-25,27-29,41-44,74-75H,26,30-36H2,1-8H3,(H,77,81)(H,78,82)(H,79,83)(H,80,84)/t41-,42+,43-,44+. The second-order valence-corrected chi connectivity index (χ2v) is 26.8. The van der Waals surface area contributed by atoms with Crippen LogP contribution >= 0.6 is 0 Å². The Morgan fingerprint density at radius 1 is 0.417 bits per heavy atom. The summed E-state index contributed by atoms with van der Waals surface area (Å²) in [6.45, 7) is 15.4. The third-order valence-corrected chi connectivity index (χ3v) is 18.8. The Morgan fingerprint density at radius 2 is 0.726 bits per heavy atom. The number of rotatable bonds is 14. The SMILES string of the molecule is CC1(C)C[C@@H]1C(=O)Nc1cccc(NC(=O)[C@@H]2CC2(C)C)c1-c1c2nc(c(-c3ccc(CF)cc3)c3ccc([nH]3)c(-c3c(NC(=O)[C@H]4CC4(C)C)cccc3NC(=O)[C@@H]3CC3(C)C)c3nc(c(-c4ccc(CF)cc4)c4ccc1[nH]4)CC3)C=C2. The Kier molecular flexibility index (Phi) is 13.1. The summed E-state index contributed by atoms with van der Waals surface area (Å²) >= 11 is 0. The lowest BCUT2D eigenvalue weighted by molar-refractivity contribution is -0.118. The van der Waals surface area contributed by atoms with E-state index in [1.807, 2.05) is 97.1 Å². The zero-order chi connectivity index (χ0) is 58.8. The van der Waals surface area contributed by atoms with Crippen LogP contribution in [0.3, 0.4) is 0 Å². The number of anilines is 4. The molecule has 0 spiro atoms. The quantitative estimate of drug-likeness (QED) is 0.0632. The molecule has 4 fully saturated rings. The molecule has 4 atom stereocenters. The van der Waals surface area contributed by atoms with Crippen molar-refractivity contribution in [3.8, 4) is 44.5 Å². The van der Waals surface area contributed by atoms with Gasteiger partial charge in [0.15, 0.2) is 0 Å². The van der Waals surface area contributed by atoms with Gasteiger partial charge in [0.1, 0.15) is 13.3 Å². The Balaban J connectivity index is 1.13. The van der Waals surface area contributed by atoms with Crippen molar-refractivity contribution in [2.24, 2.45) is 45.3 Å². The third kappa shape index (κ3) is 10.1. The molecule has 5 heterocycles. The molecule has 0 saturated heterocycles. The highest BCUT2D eigenvalue weighted by molar-refractivity contribution is 6.11. The monoisotopic (exact) mass is 1120 g/mol. The highest BCUT2D eigenvalue weighted by Gasteiger charge is 2.53. The molecule has 4 aromatic carbocycles. The maximum Gasteiger partial charge on any atom is 0.228 e. The van der Waals surface area contributed by atoms with Crippen molar-refractivity contribution in [2.45, 2.75) is 107 Å². The summed E-state index contributed by atoms with van der Waals surface area (Å²) in [5, 5.41) is 13.2. The van der Waals surface area contributed by atoms with Crippen LogP contribution in [0.15, 0.2) is 109 Å². The van der Waals surface area contributed by atoms with Crippen molar-refractivity contribution in [1.29, 1.82) is 0 Å². The number of aryl methyl sites for hydroxylation is 2. The summed E-state index contributed by atoms with van der Waals surface area (Å²) in [4.78, 5) is 76.0. The number of fused-ring (bicyclic) bond motifs is 8. The molecule has 3 aromatic heterocycles. The number of alkyl halides is 2. The number of carbonyl (C=O) groups is 4. The molecule has 7 aromatic rings. The Morgan fingerprint density at radius 3 is 1.10 bits per heavy atom. The van der Waals surface area contributed by atoms with Crippen molar-refractivity contribution in [3.05, 3.63) is 143 Å². The lowest BCUT2D eigenvalue weighted by atomic mass is 9.97.